The molecule has 1 aromatic rings. The molecule has 0 spiro atoms. The summed E-state index contributed by atoms with van der Waals surface area (Å²) in [4.78, 5) is 21.4. The fourth-order valence-electron chi connectivity index (χ4n) is 1.81. The molecular weight excluding hydrogens is 453 g/mol. The topological polar surface area (TPSA) is 87.6 Å². The number of aromatic nitrogens is 1. The van der Waals surface area contributed by atoms with Gasteiger partial charge in [-0.15, -0.1) is 35.3 Å². The Morgan fingerprint density at radius 2 is 1.92 bits per heavy atom. The Morgan fingerprint density at radius 3 is 2.40 bits per heavy atom. The third-order valence-corrected chi connectivity index (χ3v) is 3.77. The van der Waals surface area contributed by atoms with Crippen molar-refractivity contribution in [3.8, 4) is 0 Å². The Morgan fingerprint density at radius 1 is 1.28 bits per heavy atom. The molecule has 0 aliphatic carbocycles. The Hall–Kier alpha value is -1.10. The molecular formula is C16H30IN5O2S. The standard InChI is InChI=1S/C16H29N5O2S.HI/c1-11-18-8-12(24-11)9-19-13(17-7)20-10-16(5,6)21-14(22)23-15(2,3)4;/h8H,9-10H2,1-7H3,(H,21,22)(H2,17,19,20);1H. The number of ether oxygens (including phenoxy) is 1. The number of halogens is 1. The molecule has 144 valence electrons. The molecule has 0 aliphatic rings. The average Bonchev–Trinajstić information content (AvgIpc) is 2.81. The molecule has 7 nitrogen and oxygen atoms in total. The lowest BCUT2D eigenvalue weighted by Crippen LogP contribution is -2.54. The van der Waals surface area contributed by atoms with Crippen molar-refractivity contribution in [1.82, 2.24) is 20.9 Å². The summed E-state index contributed by atoms with van der Waals surface area (Å²) in [6, 6.07) is 0. The number of thiazole rings is 1. The quantitative estimate of drug-likeness (QED) is 0.341. The van der Waals surface area contributed by atoms with Crippen LogP contribution in [0.5, 0.6) is 0 Å². The van der Waals surface area contributed by atoms with Crippen molar-refractivity contribution in [3.63, 3.8) is 0 Å². The van der Waals surface area contributed by atoms with E-state index in [0.717, 1.165) is 9.88 Å². The van der Waals surface area contributed by atoms with E-state index in [1.807, 2.05) is 47.7 Å². The van der Waals surface area contributed by atoms with Crippen LogP contribution in [-0.2, 0) is 11.3 Å². The van der Waals surface area contributed by atoms with E-state index in [2.05, 4.69) is 25.9 Å². The van der Waals surface area contributed by atoms with Crippen LogP contribution < -0.4 is 16.0 Å². The van der Waals surface area contributed by atoms with Crippen LogP contribution in [0.1, 0.15) is 44.5 Å². The van der Waals surface area contributed by atoms with Gasteiger partial charge in [0.25, 0.3) is 0 Å². The van der Waals surface area contributed by atoms with Gasteiger partial charge in [0.2, 0.25) is 0 Å². The second-order valence-corrected chi connectivity index (χ2v) is 8.46. The number of nitrogens with zero attached hydrogens (tertiary/aromatic N) is 2. The first-order chi connectivity index (χ1) is 11.0. The lowest BCUT2D eigenvalue weighted by molar-refractivity contribution is 0.0474. The Kier molecular flexibility index (Phi) is 9.70. The molecule has 9 heteroatoms. The largest absolute Gasteiger partial charge is 0.444 e. The number of amides is 1. The number of aliphatic imine (C=N–C) groups is 1. The number of nitrogens with one attached hydrogen (secondary N) is 3. The highest BCUT2D eigenvalue weighted by atomic mass is 127. The van der Waals surface area contributed by atoms with E-state index in [9.17, 15) is 4.79 Å². The van der Waals surface area contributed by atoms with Gasteiger partial charge in [0.05, 0.1) is 17.1 Å². The number of alkyl carbamates (subject to hydrolysis) is 1. The fourth-order valence-corrected chi connectivity index (χ4v) is 2.54. The maximum Gasteiger partial charge on any atom is 0.408 e. The molecule has 1 amide bonds. The van der Waals surface area contributed by atoms with Gasteiger partial charge in [-0.25, -0.2) is 9.78 Å². The van der Waals surface area contributed by atoms with E-state index in [1.54, 1.807) is 18.4 Å². The van der Waals surface area contributed by atoms with E-state index in [4.69, 9.17) is 4.74 Å². The van der Waals surface area contributed by atoms with E-state index in [-0.39, 0.29) is 24.0 Å². The maximum atomic E-state index is 11.9. The van der Waals surface area contributed by atoms with Crippen molar-refractivity contribution in [3.05, 3.63) is 16.1 Å². The van der Waals surface area contributed by atoms with Crippen LogP contribution in [0, 0.1) is 6.92 Å². The first kappa shape index (κ1) is 23.9. The van der Waals surface area contributed by atoms with Crippen LogP contribution in [0.15, 0.2) is 11.2 Å². The Balaban J connectivity index is 0.00000576. The van der Waals surface area contributed by atoms with E-state index < -0.39 is 17.2 Å². The molecule has 1 aromatic heterocycles. The third kappa shape index (κ3) is 10.5. The molecule has 0 radical (unpaired) electrons. The van der Waals surface area contributed by atoms with Crippen molar-refractivity contribution >= 4 is 47.4 Å². The number of carbonyl (C=O) groups excluding carboxylic acids is 1. The number of rotatable bonds is 5. The summed E-state index contributed by atoms with van der Waals surface area (Å²) in [7, 11) is 1.71. The molecule has 1 rings (SSSR count). The summed E-state index contributed by atoms with van der Waals surface area (Å²) in [6.45, 7) is 12.5. The molecule has 0 unspecified atom stereocenters. The summed E-state index contributed by atoms with van der Waals surface area (Å²) < 4.78 is 5.29. The van der Waals surface area contributed by atoms with Gasteiger partial charge in [0.15, 0.2) is 5.96 Å². The highest BCUT2D eigenvalue weighted by Crippen LogP contribution is 2.11. The highest BCUT2D eigenvalue weighted by Gasteiger charge is 2.24. The minimum atomic E-state index is -0.516. The number of hydrogen-bond acceptors (Lipinski definition) is 5. The zero-order valence-corrected chi connectivity index (χ0v) is 19.2. The average molecular weight is 483 g/mol. The molecule has 0 atom stereocenters. The third-order valence-electron chi connectivity index (χ3n) is 2.86. The molecule has 0 fully saturated rings. The number of carbonyl (C=O) groups is 1. The van der Waals surface area contributed by atoms with E-state index >= 15 is 0 Å². The molecule has 0 bridgehead atoms. The molecule has 25 heavy (non-hydrogen) atoms. The summed E-state index contributed by atoms with van der Waals surface area (Å²) in [5.74, 6) is 0.667. The van der Waals surface area contributed by atoms with Gasteiger partial charge in [-0.05, 0) is 41.5 Å². The zero-order valence-electron chi connectivity index (χ0n) is 16.0. The smallest absolute Gasteiger partial charge is 0.408 e. The molecule has 0 aliphatic heterocycles. The number of hydrogen-bond donors (Lipinski definition) is 3. The summed E-state index contributed by atoms with van der Waals surface area (Å²) in [6.07, 6.45) is 1.42. The summed E-state index contributed by atoms with van der Waals surface area (Å²) in [5, 5.41) is 10.3. The van der Waals surface area contributed by atoms with Crippen LogP contribution in [-0.4, -0.2) is 41.8 Å². The van der Waals surface area contributed by atoms with Gasteiger partial charge in [-0.1, -0.05) is 0 Å². The number of guanidine groups is 1. The van der Waals surface area contributed by atoms with Crippen LogP contribution in [0.3, 0.4) is 0 Å². The minimum Gasteiger partial charge on any atom is -0.444 e. The van der Waals surface area contributed by atoms with E-state index in [0.29, 0.717) is 19.0 Å². The van der Waals surface area contributed by atoms with Crippen molar-refractivity contribution < 1.29 is 9.53 Å². The number of aryl methyl sites for hydroxylation is 1. The minimum absolute atomic E-state index is 0. The Labute approximate surface area is 171 Å². The predicted molar refractivity (Wildman–Crippen MR) is 114 cm³/mol. The van der Waals surface area contributed by atoms with Gasteiger partial charge in [-0.3, -0.25) is 4.99 Å². The lowest BCUT2D eigenvalue weighted by atomic mass is 10.1. The van der Waals surface area contributed by atoms with Crippen LogP contribution in [0.2, 0.25) is 0 Å². The Bertz CT molecular complexity index is 581. The lowest BCUT2D eigenvalue weighted by Gasteiger charge is -2.29. The normalized spacial score (nSPS) is 12.2. The van der Waals surface area contributed by atoms with Crippen molar-refractivity contribution in [2.45, 2.75) is 59.2 Å². The first-order valence-electron chi connectivity index (χ1n) is 7.88. The molecule has 0 aromatic carbocycles. The van der Waals surface area contributed by atoms with Gasteiger partial charge < -0.3 is 20.7 Å². The first-order valence-corrected chi connectivity index (χ1v) is 8.69. The van der Waals surface area contributed by atoms with Crippen LogP contribution >= 0.6 is 35.3 Å². The monoisotopic (exact) mass is 483 g/mol. The molecule has 0 saturated heterocycles. The SMILES string of the molecule is CN=C(NCc1cnc(C)s1)NCC(C)(C)NC(=O)OC(C)(C)C.I. The van der Waals surface area contributed by atoms with Crippen LogP contribution in [0.4, 0.5) is 4.79 Å². The fraction of sp³-hybridized carbons (Fsp3) is 0.688. The zero-order chi connectivity index (χ0) is 18.4. The summed E-state index contributed by atoms with van der Waals surface area (Å²) in [5.41, 5.74) is -1.00. The predicted octanol–water partition coefficient (Wildman–Crippen LogP) is 3.04. The van der Waals surface area contributed by atoms with Gasteiger partial charge >= 0.3 is 6.09 Å². The maximum absolute atomic E-state index is 11.9. The molecule has 1 heterocycles. The highest BCUT2D eigenvalue weighted by molar-refractivity contribution is 14.0. The van der Waals surface area contributed by atoms with Crippen molar-refractivity contribution in [2.24, 2.45) is 4.99 Å². The van der Waals surface area contributed by atoms with Crippen molar-refractivity contribution in [1.29, 1.82) is 0 Å². The van der Waals surface area contributed by atoms with Gasteiger partial charge in [0, 0.05) is 24.7 Å². The summed E-state index contributed by atoms with van der Waals surface area (Å²) >= 11 is 1.65. The second kappa shape index (κ2) is 10.1. The van der Waals surface area contributed by atoms with E-state index in [1.165, 1.54) is 0 Å². The van der Waals surface area contributed by atoms with Gasteiger partial charge in [0.1, 0.15) is 5.60 Å². The molecule has 0 saturated carbocycles. The molecule has 3 N–H and O–H groups in total. The van der Waals surface area contributed by atoms with Crippen molar-refractivity contribution in [2.75, 3.05) is 13.6 Å². The van der Waals surface area contributed by atoms with Gasteiger partial charge in [-0.2, -0.15) is 0 Å². The van der Waals surface area contributed by atoms with Crippen LogP contribution in [0.25, 0.3) is 0 Å². The second-order valence-electron chi connectivity index (χ2n) is 7.14.